The van der Waals surface area contributed by atoms with Gasteiger partial charge in [0.25, 0.3) is 0 Å². The van der Waals surface area contributed by atoms with Crippen LogP contribution in [0.3, 0.4) is 0 Å². The topological polar surface area (TPSA) is 79.0 Å². The zero-order valence-corrected chi connectivity index (χ0v) is 14.5. The molecule has 23 heavy (non-hydrogen) atoms. The van der Waals surface area contributed by atoms with E-state index in [0.717, 1.165) is 16.6 Å². The summed E-state index contributed by atoms with van der Waals surface area (Å²) >= 11 is 0. The van der Waals surface area contributed by atoms with Crippen LogP contribution in [-0.4, -0.2) is 33.7 Å². The molecule has 0 atom stereocenters. The number of carbonyl (C=O) groups is 1. The third-order valence-electron chi connectivity index (χ3n) is 3.37. The number of nitrogens with one attached hydrogen (secondary N) is 3. The highest BCUT2D eigenvalue weighted by Gasteiger charge is 2.21. The SMILES string of the molecule is CC(C)(CNC(=O)OC(C)(C)C)NCc1c[nH]c2ncccc12. The average molecular weight is 318 g/mol. The summed E-state index contributed by atoms with van der Waals surface area (Å²) in [5.41, 5.74) is 1.29. The summed E-state index contributed by atoms with van der Waals surface area (Å²) in [5, 5.41) is 7.36. The summed E-state index contributed by atoms with van der Waals surface area (Å²) in [6.45, 7) is 10.8. The number of pyridine rings is 1. The van der Waals surface area contributed by atoms with Crippen molar-refractivity contribution < 1.29 is 9.53 Å². The number of aromatic nitrogens is 2. The molecule has 126 valence electrons. The van der Waals surface area contributed by atoms with Crippen molar-refractivity contribution in [3.8, 4) is 0 Å². The quantitative estimate of drug-likeness (QED) is 0.792. The van der Waals surface area contributed by atoms with Gasteiger partial charge in [0.15, 0.2) is 0 Å². The molecule has 0 spiro atoms. The van der Waals surface area contributed by atoms with E-state index in [0.29, 0.717) is 13.1 Å². The molecule has 3 N–H and O–H groups in total. The minimum absolute atomic E-state index is 0.261. The molecular formula is C17H26N4O2. The molecular weight excluding hydrogens is 292 g/mol. The van der Waals surface area contributed by atoms with Gasteiger partial charge in [-0.3, -0.25) is 0 Å². The van der Waals surface area contributed by atoms with Crippen molar-refractivity contribution in [2.75, 3.05) is 6.54 Å². The van der Waals surface area contributed by atoms with Crippen LogP contribution in [0.1, 0.15) is 40.2 Å². The van der Waals surface area contributed by atoms with Crippen molar-refractivity contribution in [2.45, 2.75) is 52.3 Å². The Balaban J connectivity index is 1.87. The van der Waals surface area contributed by atoms with Crippen LogP contribution in [-0.2, 0) is 11.3 Å². The number of rotatable bonds is 5. The summed E-state index contributed by atoms with van der Waals surface area (Å²) in [5.74, 6) is 0. The Kier molecular flexibility index (Phi) is 4.94. The van der Waals surface area contributed by atoms with E-state index in [1.807, 2.05) is 52.9 Å². The molecule has 6 nitrogen and oxygen atoms in total. The largest absolute Gasteiger partial charge is 0.444 e. The van der Waals surface area contributed by atoms with Crippen molar-refractivity contribution in [3.05, 3.63) is 30.1 Å². The molecule has 0 aromatic carbocycles. The lowest BCUT2D eigenvalue weighted by atomic mass is 10.1. The summed E-state index contributed by atoms with van der Waals surface area (Å²) in [4.78, 5) is 19.2. The summed E-state index contributed by atoms with van der Waals surface area (Å²) in [6, 6.07) is 3.97. The van der Waals surface area contributed by atoms with Gasteiger partial charge in [-0.05, 0) is 52.3 Å². The van der Waals surface area contributed by atoms with Gasteiger partial charge in [-0.25, -0.2) is 9.78 Å². The van der Waals surface area contributed by atoms with Crippen molar-refractivity contribution in [2.24, 2.45) is 0 Å². The lowest BCUT2D eigenvalue weighted by molar-refractivity contribution is 0.0513. The molecule has 0 aliphatic rings. The standard InChI is InChI=1S/C17H26N4O2/c1-16(2,3)23-15(22)20-11-17(4,5)21-10-12-9-19-14-13(12)7-6-8-18-14/h6-9,21H,10-11H2,1-5H3,(H,18,19)(H,20,22). The molecule has 0 bridgehead atoms. The Morgan fingerprint density at radius 3 is 2.74 bits per heavy atom. The smallest absolute Gasteiger partial charge is 0.407 e. The van der Waals surface area contributed by atoms with E-state index in [1.54, 1.807) is 6.20 Å². The van der Waals surface area contributed by atoms with Gasteiger partial charge in [0.1, 0.15) is 11.2 Å². The molecule has 2 heterocycles. The minimum Gasteiger partial charge on any atom is -0.444 e. The number of hydrogen-bond acceptors (Lipinski definition) is 4. The molecule has 2 aromatic rings. The molecule has 0 unspecified atom stereocenters. The van der Waals surface area contributed by atoms with Gasteiger partial charge in [-0.1, -0.05) is 0 Å². The van der Waals surface area contributed by atoms with Crippen molar-refractivity contribution in [1.29, 1.82) is 0 Å². The van der Waals surface area contributed by atoms with E-state index in [-0.39, 0.29) is 5.54 Å². The summed E-state index contributed by atoms with van der Waals surface area (Å²) in [6.07, 6.45) is 3.33. The van der Waals surface area contributed by atoms with Crippen LogP contribution in [0, 0.1) is 0 Å². The summed E-state index contributed by atoms with van der Waals surface area (Å²) < 4.78 is 5.25. The van der Waals surface area contributed by atoms with Gasteiger partial charge in [0.2, 0.25) is 0 Å². The highest BCUT2D eigenvalue weighted by atomic mass is 16.6. The number of fused-ring (bicyclic) bond motifs is 1. The number of hydrogen-bond donors (Lipinski definition) is 3. The number of H-pyrrole nitrogens is 1. The maximum Gasteiger partial charge on any atom is 0.407 e. The fourth-order valence-corrected chi connectivity index (χ4v) is 2.16. The van der Waals surface area contributed by atoms with E-state index < -0.39 is 11.7 Å². The maximum atomic E-state index is 11.7. The average Bonchev–Trinajstić information content (AvgIpc) is 2.85. The fourth-order valence-electron chi connectivity index (χ4n) is 2.16. The normalized spacial score (nSPS) is 12.4. The Labute approximate surface area is 137 Å². The molecule has 2 aromatic heterocycles. The van der Waals surface area contributed by atoms with E-state index in [2.05, 4.69) is 20.6 Å². The Hall–Kier alpha value is -2.08. The van der Waals surface area contributed by atoms with Crippen LogP contribution in [0.5, 0.6) is 0 Å². The first kappa shape index (κ1) is 17.3. The van der Waals surface area contributed by atoms with E-state index >= 15 is 0 Å². The molecule has 0 aliphatic carbocycles. The zero-order valence-electron chi connectivity index (χ0n) is 14.5. The molecule has 0 fully saturated rings. The number of amides is 1. The van der Waals surface area contributed by atoms with Gasteiger partial charge in [-0.15, -0.1) is 0 Å². The minimum atomic E-state index is -0.487. The predicted octanol–water partition coefficient (Wildman–Crippen LogP) is 2.96. The molecule has 6 heteroatoms. The monoisotopic (exact) mass is 318 g/mol. The van der Waals surface area contributed by atoms with Crippen LogP contribution < -0.4 is 10.6 Å². The Morgan fingerprint density at radius 2 is 2.04 bits per heavy atom. The van der Waals surface area contributed by atoms with E-state index in [9.17, 15) is 4.79 Å². The lowest BCUT2D eigenvalue weighted by Crippen LogP contribution is -2.49. The van der Waals surface area contributed by atoms with E-state index in [4.69, 9.17) is 4.74 Å². The molecule has 1 amide bonds. The predicted molar refractivity (Wildman–Crippen MR) is 91.2 cm³/mol. The molecule has 0 saturated heterocycles. The molecule has 0 radical (unpaired) electrons. The first-order valence-electron chi connectivity index (χ1n) is 7.79. The highest BCUT2D eigenvalue weighted by molar-refractivity contribution is 5.79. The van der Waals surface area contributed by atoms with Crippen molar-refractivity contribution >= 4 is 17.1 Å². The van der Waals surface area contributed by atoms with Gasteiger partial charge in [0.05, 0.1) is 0 Å². The number of carbonyl (C=O) groups excluding carboxylic acids is 1. The summed E-state index contributed by atoms with van der Waals surface area (Å²) in [7, 11) is 0. The van der Waals surface area contributed by atoms with Gasteiger partial charge < -0.3 is 20.4 Å². The van der Waals surface area contributed by atoms with Gasteiger partial charge in [0, 0.05) is 36.4 Å². The van der Waals surface area contributed by atoms with Crippen LogP contribution in [0.4, 0.5) is 4.79 Å². The molecule has 0 aliphatic heterocycles. The van der Waals surface area contributed by atoms with Gasteiger partial charge in [-0.2, -0.15) is 0 Å². The molecule has 0 saturated carbocycles. The number of alkyl carbamates (subject to hydrolysis) is 1. The van der Waals surface area contributed by atoms with Crippen LogP contribution in [0.15, 0.2) is 24.5 Å². The molecule has 2 rings (SSSR count). The van der Waals surface area contributed by atoms with Crippen LogP contribution >= 0.6 is 0 Å². The lowest BCUT2D eigenvalue weighted by Gasteiger charge is -2.28. The first-order valence-corrected chi connectivity index (χ1v) is 7.79. The number of nitrogens with zero attached hydrogens (tertiary/aromatic N) is 1. The second-order valence-corrected chi connectivity index (χ2v) is 7.31. The highest BCUT2D eigenvalue weighted by Crippen LogP contribution is 2.16. The Bertz CT molecular complexity index is 671. The zero-order chi connectivity index (χ0) is 17.1. The van der Waals surface area contributed by atoms with Crippen LogP contribution in [0.25, 0.3) is 11.0 Å². The second-order valence-electron chi connectivity index (χ2n) is 7.31. The van der Waals surface area contributed by atoms with Crippen molar-refractivity contribution in [1.82, 2.24) is 20.6 Å². The fraction of sp³-hybridized carbons (Fsp3) is 0.529. The maximum absolute atomic E-state index is 11.7. The third kappa shape index (κ3) is 5.25. The number of aromatic amines is 1. The van der Waals surface area contributed by atoms with E-state index in [1.165, 1.54) is 0 Å². The second kappa shape index (κ2) is 6.58. The van der Waals surface area contributed by atoms with Crippen molar-refractivity contribution in [3.63, 3.8) is 0 Å². The number of ether oxygens (including phenoxy) is 1. The van der Waals surface area contributed by atoms with Crippen LogP contribution in [0.2, 0.25) is 0 Å². The first-order chi connectivity index (χ1) is 10.7. The van der Waals surface area contributed by atoms with Gasteiger partial charge >= 0.3 is 6.09 Å². The Morgan fingerprint density at radius 1 is 1.30 bits per heavy atom. The third-order valence-corrected chi connectivity index (χ3v) is 3.37.